The van der Waals surface area contributed by atoms with E-state index in [-0.39, 0.29) is 6.23 Å². The fourth-order valence-electron chi connectivity index (χ4n) is 0.136. The molecule has 2 heteroatoms. The van der Waals surface area contributed by atoms with E-state index < -0.39 is 0 Å². The Kier molecular flexibility index (Phi) is 3.08. The fourth-order valence-corrected chi connectivity index (χ4v) is 0.136. The summed E-state index contributed by atoms with van der Waals surface area (Å²) < 4.78 is 4.62. The molecule has 37 valence electrons. The van der Waals surface area contributed by atoms with E-state index in [1.807, 2.05) is 6.92 Å². The van der Waals surface area contributed by atoms with Gasteiger partial charge in [0.05, 0.1) is 0 Å². The molecule has 0 bridgehead atoms. The molecule has 0 aromatic carbocycles. The molecular formula is C4H10NO. The van der Waals surface area contributed by atoms with E-state index in [4.69, 9.17) is 5.73 Å². The van der Waals surface area contributed by atoms with Crippen LogP contribution in [0.15, 0.2) is 0 Å². The molecule has 1 radical (unpaired) electrons. The highest BCUT2D eigenvalue weighted by atomic mass is 16.5. The minimum Gasteiger partial charge on any atom is -0.367 e. The average molecular weight is 88.1 g/mol. The maximum Gasteiger partial charge on any atom is 0.108 e. The van der Waals surface area contributed by atoms with Crippen molar-refractivity contribution in [2.75, 3.05) is 7.11 Å². The molecule has 0 aliphatic rings. The molecule has 2 nitrogen and oxygen atoms in total. The summed E-state index contributed by atoms with van der Waals surface area (Å²) in [6.07, 6.45) is 1.59. The van der Waals surface area contributed by atoms with Gasteiger partial charge in [-0.3, -0.25) is 0 Å². The Labute approximate surface area is 38.3 Å². The van der Waals surface area contributed by atoms with Gasteiger partial charge in [-0.1, -0.05) is 6.92 Å². The third-order valence-corrected chi connectivity index (χ3v) is 0.601. The van der Waals surface area contributed by atoms with Gasteiger partial charge in [0, 0.05) is 13.5 Å². The predicted molar refractivity (Wildman–Crippen MR) is 25.0 cm³/mol. The molecule has 0 fully saturated rings. The second-order valence-corrected chi connectivity index (χ2v) is 1.03. The largest absolute Gasteiger partial charge is 0.367 e. The summed E-state index contributed by atoms with van der Waals surface area (Å²) in [5.41, 5.74) is 5.19. The van der Waals surface area contributed by atoms with E-state index in [0.717, 1.165) is 0 Å². The predicted octanol–water partition coefficient (Wildman–Crippen LogP) is 0.142. The first kappa shape index (κ1) is 5.92. The highest BCUT2D eigenvalue weighted by molar-refractivity contribution is 4.61. The van der Waals surface area contributed by atoms with E-state index >= 15 is 0 Å². The van der Waals surface area contributed by atoms with Crippen molar-refractivity contribution >= 4 is 0 Å². The van der Waals surface area contributed by atoms with Crippen LogP contribution in [0.4, 0.5) is 0 Å². The van der Waals surface area contributed by atoms with Crippen LogP contribution in [0.1, 0.15) is 6.92 Å². The van der Waals surface area contributed by atoms with Gasteiger partial charge in [-0.25, -0.2) is 0 Å². The summed E-state index contributed by atoms with van der Waals surface area (Å²) in [5.74, 6) is 0. The van der Waals surface area contributed by atoms with Crippen molar-refractivity contribution < 1.29 is 4.74 Å². The van der Waals surface area contributed by atoms with Crippen LogP contribution in [-0.2, 0) is 4.74 Å². The molecule has 0 aromatic rings. The van der Waals surface area contributed by atoms with Gasteiger partial charge >= 0.3 is 0 Å². The molecule has 6 heavy (non-hydrogen) atoms. The van der Waals surface area contributed by atoms with Crippen molar-refractivity contribution in [2.24, 2.45) is 5.73 Å². The second-order valence-electron chi connectivity index (χ2n) is 1.03. The molecule has 0 aliphatic carbocycles. The minimum atomic E-state index is -0.190. The Morgan fingerprint density at radius 1 is 1.83 bits per heavy atom. The van der Waals surface area contributed by atoms with Gasteiger partial charge in [0.25, 0.3) is 0 Å². The smallest absolute Gasteiger partial charge is 0.108 e. The van der Waals surface area contributed by atoms with E-state index in [1.54, 1.807) is 13.5 Å². The molecule has 0 amide bonds. The van der Waals surface area contributed by atoms with Crippen LogP contribution in [0.2, 0.25) is 0 Å². The molecular weight excluding hydrogens is 78.0 g/mol. The Bertz CT molecular complexity index is 26.7. The summed E-state index contributed by atoms with van der Waals surface area (Å²) in [7, 11) is 1.57. The van der Waals surface area contributed by atoms with E-state index in [1.165, 1.54) is 0 Å². The Morgan fingerprint density at radius 2 is 2.33 bits per heavy atom. The highest BCUT2D eigenvalue weighted by Gasteiger charge is 1.88. The lowest BCUT2D eigenvalue weighted by Crippen LogP contribution is -2.20. The first-order valence-corrected chi connectivity index (χ1v) is 1.89. The van der Waals surface area contributed by atoms with Gasteiger partial charge < -0.3 is 10.5 Å². The average Bonchev–Trinajstić information content (AvgIpc) is 1.65. The summed E-state index contributed by atoms with van der Waals surface area (Å²) in [5, 5.41) is 0. The van der Waals surface area contributed by atoms with Gasteiger partial charge in [-0.15, -0.1) is 0 Å². The van der Waals surface area contributed by atoms with Crippen molar-refractivity contribution in [3.63, 3.8) is 0 Å². The molecule has 0 unspecified atom stereocenters. The van der Waals surface area contributed by atoms with E-state index in [0.29, 0.717) is 0 Å². The van der Waals surface area contributed by atoms with Gasteiger partial charge in [0.2, 0.25) is 0 Å². The number of methoxy groups -OCH3 is 1. The van der Waals surface area contributed by atoms with Crippen LogP contribution in [0.25, 0.3) is 0 Å². The van der Waals surface area contributed by atoms with Gasteiger partial charge in [0.15, 0.2) is 0 Å². The SMILES string of the molecule is C[CH][C@@H](N)OC. The summed E-state index contributed by atoms with van der Waals surface area (Å²) in [6, 6.07) is 0. The second kappa shape index (κ2) is 3.12. The van der Waals surface area contributed by atoms with Crippen molar-refractivity contribution in [3.8, 4) is 0 Å². The van der Waals surface area contributed by atoms with Crippen LogP contribution >= 0.6 is 0 Å². The van der Waals surface area contributed by atoms with Crippen molar-refractivity contribution in [1.29, 1.82) is 0 Å². The first-order chi connectivity index (χ1) is 2.81. The summed E-state index contributed by atoms with van der Waals surface area (Å²) >= 11 is 0. The van der Waals surface area contributed by atoms with Crippen LogP contribution in [0.5, 0.6) is 0 Å². The quantitative estimate of drug-likeness (QED) is 0.487. The van der Waals surface area contributed by atoms with Crippen LogP contribution in [-0.4, -0.2) is 13.3 Å². The molecule has 0 aliphatic heterocycles. The summed E-state index contributed by atoms with van der Waals surface area (Å²) in [6.45, 7) is 1.86. The Morgan fingerprint density at radius 3 is 2.33 bits per heavy atom. The number of hydrogen-bond donors (Lipinski definition) is 1. The zero-order chi connectivity index (χ0) is 4.99. The van der Waals surface area contributed by atoms with E-state index in [2.05, 4.69) is 4.74 Å². The van der Waals surface area contributed by atoms with Crippen molar-refractivity contribution in [1.82, 2.24) is 0 Å². The Balaban J connectivity index is 2.75. The zero-order valence-corrected chi connectivity index (χ0v) is 4.14. The maximum atomic E-state index is 5.19. The normalized spacial score (nSPS) is 14.5. The third-order valence-electron chi connectivity index (χ3n) is 0.601. The van der Waals surface area contributed by atoms with Gasteiger partial charge in [-0.05, 0) is 0 Å². The number of hydrogen-bond acceptors (Lipinski definition) is 2. The number of rotatable bonds is 2. The third kappa shape index (κ3) is 2.18. The molecule has 0 saturated heterocycles. The molecule has 0 aromatic heterocycles. The maximum absolute atomic E-state index is 5.19. The van der Waals surface area contributed by atoms with E-state index in [9.17, 15) is 0 Å². The molecule has 0 rings (SSSR count). The van der Waals surface area contributed by atoms with Gasteiger partial charge in [0.1, 0.15) is 6.23 Å². The Hall–Kier alpha value is -0.0800. The van der Waals surface area contributed by atoms with Gasteiger partial charge in [-0.2, -0.15) is 0 Å². The van der Waals surface area contributed by atoms with Crippen LogP contribution < -0.4 is 5.73 Å². The molecule has 0 saturated carbocycles. The molecule has 2 N–H and O–H groups in total. The number of ether oxygens (including phenoxy) is 1. The van der Waals surface area contributed by atoms with Crippen molar-refractivity contribution in [3.05, 3.63) is 6.42 Å². The zero-order valence-electron chi connectivity index (χ0n) is 4.14. The molecule has 0 spiro atoms. The fraction of sp³-hybridized carbons (Fsp3) is 0.750. The monoisotopic (exact) mass is 88.1 g/mol. The highest BCUT2D eigenvalue weighted by Crippen LogP contribution is 1.79. The topological polar surface area (TPSA) is 35.2 Å². The summed E-state index contributed by atoms with van der Waals surface area (Å²) in [4.78, 5) is 0. The number of nitrogens with two attached hydrogens (primary N) is 1. The first-order valence-electron chi connectivity index (χ1n) is 1.89. The lowest BCUT2D eigenvalue weighted by atomic mass is 10.4. The standard InChI is InChI=1S/C4H10NO/c1-3-4(5)6-2/h3-4H,5H2,1-2H3/t4-/m0/s1. The lowest BCUT2D eigenvalue weighted by molar-refractivity contribution is 0.134. The van der Waals surface area contributed by atoms with Crippen molar-refractivity contribution in [2.45, 2.75) is 13.2 Å². The molecule has 1 atom stereocenters. The lowest BCUT2D eigenvalue weighted by Gasteiger charge is -2.01. The van der Waals surface area contributed by atoms with Crippen LogP contribution in [0, 0.1) is 6.42 Å². The molecule has 0 heterocycles. The van der Waals surface area contributed by atoms with Crippen LogP contribution in [0.3, 0.4) is 0 Å². The minimum absolute atomic E-state index is 0.190.